The topological polar surface area (TPSA) is 77.2 Å². The van der Waals surface area contributed by atoms with E-state index in [1.165, 1.54) is 0 Å². The predicted molar refractivity (Wildman–Crippen MR) is 159 cm³/mol. The van der Waals surface area contributed by atoms with E-state index in [1.807, 2.05) is 95.2 Å². The third kappa shape index (κ3) is 23.3. The van der Waals surface area contributed by atoms with E-state index in [2.05, 4.69) is 27.2 Å². The van der Waals surface area contributed by atoms with Crippen molar-refractivity contribution in [3.8, 4) is 0 Å². The summed E-state index contributed by atoms with van der Waals surface area (Å²) >= 11 is 0. The SMILES string of the molecule is CC.CC.CC.CC.CC.CC.COC.NCCNC(=O)c1c2c[c-]ccc2nc2cc[c-]cc12.[Y].[Y]. The van der Waals surface area contributed by atoms with Crippen molar-refractivity contribution < 1.29 is 74.9 Å². The maximum Gasteiger partial charge on any atom is 0.228 e. The molecule has 0 aliphatic rings. The third-order valence-electron chi connectivity index (χ3n) is 3.12. The van der Waals surface area contributed by atoms with Gasteiger partial charge >= 0.3 is 0 Å². The Morgan fingerprint density at radius 3 is 1.41 bits per heavy atom. The minimum atomic E-state index is -0.146. The molecule has 5 nitrogen and oxygen atoms in total. The zero-order valence-corrected chi connectivity index (χ0v) is 32.1. The van der Waals surface area contributed by atoms with Gasteiger partial charge in [0.15, 0.2) is 0 Å². The van der Waals surface area contributed by atoms with E-state index in [0.29, 0.717) is 18.7 Å². The van der Waals surface area contributed by atoms with Gasteiger partial charge in [-0.15, -0.1) is 22.9 Å². The van der Waals surface area contributed by atoms with Crippen LogP contribution in [-0.2, 0) is 70.2 Å². The van der Waals surface area contributed by atoms with Crippen LogP contribution in [0.1, 0.15) is 93.4 Å². The number of fused-ring (bicyclic) bond motifs is 2. The van der Waals surface area contributed by atoms with E-state index in [4.69, 9.17) is 5.73 Å². The van der Waals surface area contributed by atoms with Gasteiger partial charge < -0.3 is 20.8 Å². The van der Waals surface area contributed by atoms with Gasteiger partial charge in [-0.3, -0.25) is 4.79 Å². The number of benzene rings is 2. The smallest absolute Gasteiger partial charge is 0.228 e. The van der Waals surface area contributed by atoms with E-state index in [0.717, 1.165) is 21.8 Å². The van der Waals surface area contributed by atoms with E-state index >= 15 is 0 Å². The van der Waals surface area contributed by atoms with Crippen molar-refractivity contribution in [1.82, 2.24) is 10.3 Å². The first-order valence-electron chi connectivity index (χ1n) is 13.2. The molecule has 37 heavy (non-hydrogen) atoms. The van der Waals surface area contributed by atoms with Crippen molar-refractivity contribution in [1.29, 1.82) is 0 Å². The summed E-state index contributed by atoms with van der Waals surface area (Å²) in [5.41, 5.74) is 7.60. The molecule has 0 aliphatic heterocycles. The largest absolute Gasteiger partial charge is 0.388 e. The molecule has 1 aromatic heterocycles. The fourth-order valence-electron chi connectivity index (χ4n) is 2.23. The van der Waals surface area contributed by atoms with Gasteiger partial charge in [-0.05, 0) is 11.0 Å². The quantitative estimate of drug-likeness (QED) is 0.219. The monoisotopic (exact) mass is 667 g/mol. The predicted octanol–water partition coefficient (Wildman–Crippen LogP) is 8.09. The molecule has 3 rings (SSSR count). The molecule has 210 valence electrons. The number of methoxy groups -OCH3 is 1. The second kappa shape index (κ2) is 45.6. The van der Waals surface area contributed by atoms with Crippen LogP contribution in [0.3, 0.4) is 0 Å². The maximum atomic E-state index is 12.4. The zero-order chi connectivity index (χ0) is 28.7. The van der Waals surface area contributed by atoms with Crippen molar-refractivity contribution in [2.24, 2.45) is 5.73 Å². The molecular weight excluding hydrogens is 612 g/mol. The van der Waals surface area contributed by atoms with Crippen molar-refractivity contribution in [3.05, 3.63) is 54.1 Å². The molecule has 1 amide bonds. The molecule has 3 aromatic rings. The molecule has 1 heterocycles. The van der Waals surface area contributed by atoms with Gasteiger partial charge in [-0.1, -0.05) is 88.6 Å². The Morgan fingerprint density at radius 2 is 1.11 bits per heavy atom. The van der Waals surface area contributed by atoms with Crippen LogP contribution in [0.4, 0.5) is 0 Å². The van der Waals surface area contributed by atoms with Crippen molar-refractivity contribution >= 4 is 27.7 Å². The number of ether oxygens (including phenoxy) is 1. The molecular formula is C30H55N3O2Y2-2. The minimum Gasteiger partial charge on any atom is -0.388 e. The van der Waals surface area contributed by atoms with Crippen molar-refractivity contribution in [3.63, 3.8) is 0 Å². The summed E-state index contributed by atoms with van der Waals surface area (Å²) in [5.74, 6) is -0.146. The molecule has 0 aliphatic carbocycles. The number of nitrogens with two attached hydrogens (primary N) is 1. The molecule has 0 bridgehead atoms. The second-order valence-corrected chi connectivity index (χ2v) is 4.83. The number of aromatic nitrogens is 1. The number of carbonyl (C=O) groups excluding carboxylic acids is 1. The Bertz CT molecular complexity index is 763. The molecule has 2 radical (unpaired) electrons. The fourth-order valence-corrected chi connectivity index (χ4v) is 2.23. The first kappa shape index (κ1) is 53.0. The molecule has 0 unspecified atom stereocenters. The standard InChI is InChI=1S/C16H13N3O.C2H6O.6C2H6.2Y/c17-9-10-18-16(20)15-11-5-1-3-7-13(11)19-14-8-4-2-6-12(14)15;1-3-2;6*1-2;;/h3-8H,9-10,17H2,(H,18,20);1-2H3;6*1-2H3;;/q-2;;;;;;;;;. The summed E-state index contributed by atoms with van der Waals surface area (Å²) in [6, 6.07) is 16.8. The van der Waals surface area contributed by atoms with Gasteiger partial charge in [0.2, 0.25) is 5.91 Å². The van der Waals surface area contributed by atoms with Crippen LogP contribution < -0.4 is 11.1 Å². The number of hydrogen-bond acceptors (Lipinski definition) is 4. The summed E-state index contributed by atoms with van der Waals surface area (Å²) in [6.45, 7) is 24.8. The Kier molecular flexibility index (Phi) is 65.4. The van der Waals surface area contributed by atoms with Gasteiger partial charge in [0, 0.05) is 92.7 Å². The molecule has 0 fully saturated rings. The number of rotatable bonds is 3. The Balaban J connectivity index is -0.0000000915. The Labute approximate surface area is 280 Å². The second-order valence-electron chi connectivity index (χ2n) is 4.83. The summed E-state index contributed by atoms with van der Waals surface area (Å²) in [5, 5.41) is 4.39. The van der Waals surface area contributed by atoms with Crippen LogP contribution in [0.15, 0.2) is 36.4 Å². The molecule has 0 spiro atoms. The minimum absolute atomic E-state index is 0. The van der Waals surface area contributed by atoms with E-state index in [-0.39, 0.29) is 71.3 Å². The normalized spacial score (nSPS) is 7.32. The van der Waals surface area contributed by atoms with Crippen molar-refractivity contribution in [2.45, 2.75) is 83.1 Å². The molecule has 0 saturated heterocycles. The number of nitrogens with one attached hydrogen (secondary N) is 1. The maximum absolute atomic E-state index is 12.4. The van der Waals surface area contributed by atoms with E-state index < -0.39 is 0 Å². The number of nitrogens with zero attached hydrogens (tertiary/aromatic N) is 1. The van der Waals surface area contributed by atoms with Gasteiger partial charge in [0.1, 0.15) is 0 Å². The van der Waals surface area contributed by atoms with Crippen LogP contribution in [0.25, 0.3) is 21.8 Å². The zero-order valence-electron chi connectivity index (χ0n) is 26.4. The third-order valence-corrected chi connectivity index (χ3v) is 3.12. The first-order valence-corrected chi connectivity index (χ1v) is 13.2. The van der Waals surface area contributed by atoms with Crippen LogP contribution in [0, 0.1) is 12.1 Å². The number of carbonyl (C=O) groups is 1. The summed E-state index contributed by atoms with van der Waals surface area (Å²) in [7, 11) is 3.25. The van der Waals surface area contributed by atoms with Gasteiger partial charge in [-0.25, -0.2) is 0 Å². The molecule has 2 aromatic carbocycles. The number of hydrogen-bond donors (Lipinski definition) is 2. The van der Waals surface area contributed by atoms with E-state index in [1.54, 1.807) is 38.5 Å². The van der Waals surface area contributed by atoms with Gasteiger partial charge in [0.25, 0.3) is 0 Å². The molecule has 0 saturated carbocycles. The summed E-state index contributed by atoms with van der Waals surface area (Å²) < 4.78 is 4.25. The number of pyridine rings is 1. The van der Waals surface area contributed by atoms with Gasteiger partial charge in [0.05, 0.1) is 0 Å². The Hall–Kier alpha value is -0.292. The average molecular weight is 668 g/mol. The number of amides is 1. The molecule has 3 N–H and O–H groups in total. The summed E-state index contributed by atoms with van der Waals surface area (Å²) in [4.78, 5) is 17.0. The van der Waals surface area contributed by atoms with Crippen LogP contribution in [0.2, 0.25) is 0 Å². The first-order chi connectivity index (χ1) is 17.2. The van der Waals surface area contributed by atoms with E-state index in [9.17, 15) is 4.79 Å². The summed E-state index contributed by atoms with van der Waals surface area (Å²) in [6.07, 6.45) is 0. The molecule has 7 heteroatoms. The Morgan fingerprint density at radius 1 is 0.784 bits per heavy atom. The molecule has 0 atom stereocenters. The fraction of sp³-hybridized carbons (Fsp3) is 0.533. The van der Waals surface area contributed by atoms with Crippen molar-refractivity contribution in [2.75, 3.05) is 27.3 Å². The average Bonchev–Trinajstić information content (AvgIpc) is 2.97. The van der Waals surface area contributed by atoms with Gasteiger partial charge in [-0.2, -0.15) is 36.4 Å². The van der Waals surface area contributed by atoms with Crippen LogP contribution in [0.5, 0.6) is 0 Å². The van der Waals surface area contributed by atoms with Crippen LogP contribution >= 0.6 is 0 Å². The van der Waals surface area contributed by atoms with Crippen LogP contribution in [-0.4, -0.2) is 38.2 Å².